The van der Waals surface area contributed by atoms with Gasteiger partial charge in [-0.25, -0.2) is 0 Å². The van der Waals surface area contributed by atoms with Gasteiger partial charge in [0.2, 0.25) is 0 Å². The Morgan fingerprint density at radius 2 is 1.84 bits per heavy atom. The second-order valence-corrected chi connectivity index (χ2v) is 4.19. The molecule has 7 heteroatoms. The molecule has 0 aliphatic rings. The molecule has 0 saturated carbocycles. The van der Waals surface area contributed by atoms with E-state index < -0.39 is 18.3 Å². The maximum atomic E-state index is 9.90. The summed E-state index contributed by atoms with van der Waals surface area (Å²) in [6.45, 7) is 0.102. The summed E-state index contributed by atoms with van der Waals surface area (Å²) in [6, 6.07) is 9.19. The van der Waals surface area contributed by atoms with Crippen molar-refractivity contribution < 1.29 is 21.1 Å². The molecule has 19 heavy (non-hydrogen) atoms. The van der Waals surface area contributed by atoms with E-state index in [4.69, 9.17) is 0 Å². The predicted octanol–water partition coefficient (Wildman–Crippen LogP) is -1.74. The predicted molar refractivity (Wildman–Crippen MR) is 66.1 cm³/mol. The maximum Gasteiger partial charge on any atom is 0.131 e. The summed E-state index contributed by atoms with van der Waals surface area (Å²) in [5.41, 5.74) is 4.41. The molecular formula is C12H17N4O3+. The summed E-state index contributed by atoms with van der Waals surface area (Å²) < 4.78 is 0. The summed E-state index contributed by atoms with van der Waals surface area (Å²) in [4.78, 5) is 1.35. The molecule has 2 rings (SSSR count). The number of nitrogens with zero attached hydrogens (tertiary/aromatic N) is 3. The van der Waals surface area contributed by atoms with Gasteiger partial charge in [0, 0.05) is 0 Å². The summed E-state index contributed by atoms with van der Waals surface area (Å²) in [5, 5.41) is 37.1. The Labute approximate surface area is 109 Å². The highest BCUT2D eigenvalue weighted by atomic mass is 16.4. The summed E-state index contributed by atoms with van der Waals surface area (Å²) >= 11 is 0. The molecule has 1 aromatic carbocycles. The molecule has 0 aliphatic heterocycles. The molecule has 0 fully saturated rings. The number of benzene rings is 1. The summed E-state index contributed by atoms with van der Waals surface area (Å²) in [7, 11) is 0. The van der Waals surface area contributed by atoms with E-state index in [9.17, 15) is 15.3 Å². The minimum atomic E-state index is -1.33. The van der Waals surface area contributed by atoms with Gasteiger partial charge in [0.1, 0.15) is 30.6 Å². The minimum Gasteiger partial charge on any atom is -0.387 e. The first-order chi connectivity index (χ1) is 9.13. The first-order valence-corrected chi connectivity index (χ1v) is 5.94. The molecule has 1 aromatic heterocycles. The third-order valence-electron chi connectivity index (χ3n) is 2.81. The fraction of sp³-hybridized carbons (Fsp3) is 0.333. The van der Waals surface area contributed by atoms with Gasteiger partial charge in [0.25, 0.3) is 0 Å². The lowest BCUT2D eigenvalue weighted by atomic mass is 10.1. The second-order valence-electron chi connectivity index (χ2n) is 4.19. The number of para-hydroxylation sites is 1. The normalized spacial score (nSPS) is 16.0. The molecule has 2 aromatic rings. The Kier molecular flexibility index (Phi) is 4.23. The largest absolute Gasteiger partial charge is 0.387 e. The first kappa shape index (κ1) is 13.6. The molecule has 1 heterocycles. The van der Waals surface area contributed by atoms with Crippen LogP contribution < -0.4 is 5.73 Å². The lowest BCUT2D eigenvalue weighted by molar-refractivity contribution is -0.390. The van der Waals surface area contributed by atoms with Crippen LogP contribution in [0.3, 0.4) is 0 Å². The van der Waals surface area contributed by atoms with Crippen LogP contribution in [0.2, 0.25) is 0 Å². The number of quaternary nitrogens is 1. The number of aliphatic hydroxyl groups excluding tert-OH is 3. The van der Waals surface area contributed by atoms with Crippen LogP contribution in [0.5, 0.6) is 0 Å². The van der Waals surface area contributed by atoms with E-state index in [1.807, 2.05) is 30.3 Å². The second kappa shape index (κ2) is 5.89. The number of aliphatic hydroxyl groups is 3. The van der Waals surface area contributed by atoms with Crippen LogP contribution >= 0.6 is 0 Å². The van der Waals surface area contributed by atoms with Crippen molar-refractivity contribution in [3.8, 4) is 5.69 Å². The van der Waals surface area contributed by atoms with E-state index in [1.165, 1.54) is 11.0 Å². The summed E-state index contributed by atoms with van der Waals surface area (Å²) in [6.07, 6.45) is -2.37. The van der Waals surface area contributed by atoms with E-state index in [0.29, 0.717) is 0 Å². The molecular weight excluding hydrogens is 248 g/mol. The van der Waals surface area contributed by atoms with Crippen molar-refractivity contribution in [2.75, 3.05) is 6.54 Å². The van der Waals surface area contributed by atoms with Gasteiger partial charge >= 0.3 is 0 Å². The van der Waals surface area contributed by atoms with Gasteiger partial charge in [-0.1, -0.05) is 18.2 Å². The zero-order valence-electron chi connectivity index (χ0n) is 10.3. The van der Waals surface area contributed by atoms with Gasteiger partial charge in [-0.05, 0) is 12.1 Å². The van der Waals surface area contributed by atoms with Crippen molar-refractivity contribution >= 4 is 0 Å². The Hall–Kier alpha value is -1.80. The van der Waals surface area contributed by atoms with E-state index in [1.54, 1.807) is 0 Å². The number of aromatic nitrogens is 3. The Morgan fingerprint density at radius 1 is 1.16 bits per heavy atom. The fourth-order valence-corrected chi connectivity index (χ4v) is 1.65. The lowest BCUT2D eigenvalue weighted by Crippen LogP contribution is -2.59. The van der Waals surface area contributed by atoms with Crippen molar-refractivity contribution in [2.24, 2.45) is 0 Å². The number of hydrogen-bond donors (Lipinski definition) is 4. The van der Waals surface area contributed by atoms with Crippen LogP contribution in [-0.2, 0) is 0 Å². The van der Waals surface area contributed by atoms with E-state index >= 15 is 0 Å². The zero-order valence-corrected chi connectivity index (χ0v) is 10.3. The Bertz CT molecular complexity index is 517. The molecule has 0 spiro atoms. The summed E-state index contributed by atoms with van der Waals surface area (Å²) in [5.74, 6) is 0. The van der Waals surface area contributed by atoms with Crippen LogP contribution in [0.1, 0.15) is 11.8 Å². The van der Waals surface area contributed by atoms with Gasteiger partial charge in [-0.3, -0.25) is 0 Å². The molecule has 0 aliphatic carbocycles. The Morgan fingerprint density at radius 3 is 2.47 bits per heavy atom. The quantitative estimate of drug-likeness (QED) is 0.512. The molecule has 6 N–H and O–H groups in total. The average molecular weight is 265 g/mol. The maximum absolute atomic E-state index is 9.90. The van der Waals surface area contributed by atoms with Crippen molar-refractivity contribution in [1.29, 1.82) is 0 Å². The third kappa shape index (κ3) is 2.96. The van der Waals surface area contributed by atoms with Gasteiger partial charge in [-0.15, -0.1) is 0 Å². The molecule has 0 unspecified atom stereocenters. The third-order valence-corrected chi connectivity index (χ3v) is 2.81. The van der Waals surface area contributed by atoms with Gasteiger partial charge in [0.05, 0.1) is 11.9 Å². The van der Waals surface area contributed by atoms with Crippen molar-refractivity contribution in [2.45, 2.75) is 18.3 Å². The molecule has 7 nitrogen and oxygen atoms in total. The zero-order chi connectivity index (χ0) is 13.8. The molecule has 102 valence electrons. The molecule has 3 atom stereocenters. The van der Waals surface area contributed by atoms with E-state index in [2.05, 4.69) is 15.9 Å². The smallest absolute Gasteiger partial charge is 0.131 e. The molecule has 0 radical (unpaired) electrons. The van der Waals surface area contributed by atoms with Crippen molar-refractivity contribution in [3.05, 3.63) is 42.2 Å². The van der Waals surface area contributed by atoms with Gasteiger partial charge in [0.15, 0.2) is 0 Å². The highest BCUT2D eigenvalue weighted by Crippen LogP contribution is 2.16. The first-order valence-electron chi connectivity index (χ1n) is 5.94. The Balaban J connectivity index is 2.17. The highest BCUT2D eigenvalue weighted by Gasteiger charge is 2.28. The van der Waals surface area contributed by atoms with E-state index in [-0.39, 0.29) is 12.2 Å². The molecule has 0 amide bonds. The van der Waals surface area contributed by atoms with Crippen LogP contribution in [-0.4, -0.2) is 49.1 Å². The van der Waals surface area contributed by atoms with Crippen molar-refractivity contribution in [3.63, 3.8) is 0 Å². The average Bonchev–Trinajstić information content (AvgIpc) is 2.95. The molecule has 0 saturated heterocycles. The molecule has 0 bridgehead atoms. The van der Waals surface area contributed by atoms with Crippen molar-refractivity contribution in [1.82, 2.24) is 15.0 Å². The highest BCUT2D eigenvalue weighted by molar-refractivity contribution is 5.28. The standard InChI is InChI=1S/C12H16N4O3/c13-6-10(17)12(19)11(18)9-7-14-16(15-9)8-4-2-1-3-5-8/h1-5,7,10-12,17-19H,6,13H2/p+1/t10-,11+,12+/m1/s1. The fourth-order valence-electron chi connectivity index (χ4n) is 1.65. The van der Waals surface area contributed by atoms with Gasteiger partial charge < -0.3 is 21.1 Å². The lowest BCUT2D eigenvalue weighted by Gasteiger charge is -2.18. The van der Waals surface area contributed by atoms with Crippen LogP contribution in [0.25, 0.3) is 5.69 Å². The number of hydrogen-bond acceptors (Lipinski definition) is 5. The van der Waals surface area contributed by atoms with Gasteiger partial charge in [-0.2, -0.15) is 15.0 Å². The van der Waals surface area contributed by atoms with Crippen LogP contribution in [0, 0.1) is 0 Å². The monoisotopic (exact) mass is 265 g/mol. The SMILES string of the molecule is [NH3+]C[C@@H](O)[C@H](O)[C@@H](O)c1cnn(-c2ccccc2)n1. The van der Waals surface area contributed by atoms with Crippen LogP contribution in [0.4, 0.5) is 0 Å². The van der Waals surface area contributed by atoms with E-state index in [0.717, 1.165) is 5.69 Å². The van der Waals surface area contributed by atoms with Crippen LogP contribution in [0.15, 0.2) is 36.5 Å². The topological polar surface area (TPSA) is 119 Å². The number of rotatable bonds is 5. The minimum absolute atomic E-state index is 0.102.